The molecule has 0 aliphatic heterocycles. The number of rotatable bonds is 4. The lowest BCUT2D eigenvalue weighted by molar-refractivity contribution is 0.0546. The highest BCUT2D eigenvalue weighted by atomic mass is 16.6. The largest absolute Gasteiger partial charge is 0.444 e. The topological polar surface area (TPSA) is 125 Å². The van der Waals surface area contributed by atoms with Gasteiger partial charge in [-0.05, 0) is 90.3 Å². The van der Waals surface area contributed by atoms with Gasteiger partial charge in [-0.1, -0.05) is 12.1 Å². The van der Waals surface area contributed by atoms with Gasteiger partial charge in [0.1, 0.15) is 11.2 Å². The van der Waals surface area contributed by atoms with Crippen LogP contribution < -0.4 is 16.4 Å². The summed E-state index contributed by atoms with van der Waals surface area (Å²) in [6.07, 6.45) is 0.638. The number of carbonyl (C=O) groups is 3. The second-order valence-electron chi connectivity index (χ2n) is 11.3. The van der Waals surface area contributed by atoms with E-state index in [0.29, 0.717) is 39.1 Å². The fourth-order valence-corrected chi connectivity index (χ4v) is 3.93. The van der Waals surface area contributed by atoms with Crippen LogP contribution in [0.4, 0.5) is 21.0 Å². The second-order valence-corrected chi connectivity index (χ2v) is 11.3. The van der Waals surface area contributed by atoms with Crippen molar-refractivity contribution in [1.29, 1.82) is 0 Å². The Bertz CT molecular complexity index is 1360. The summed E-state index contributed by atoms with van der Waals surface area (Å²) < 4.78 is 12.5. The molecule has 0 spiro atoms. The maximum Gasteiger partial charge on any atom is 0.419 e. The number of carbonyl (C=O) groups excluding carboxylic acids is 3. The number of ether oxygens (including phenoxy) is 2. The third-order valence-corrected chi connectivity index (χ3v) is 5.51. The third kappa shape index (κ3) is 6.22. The van der Waals surface area contributed by atoms with Crippen LogP contribution in [-0.4, -0.2) is 39.9 Å². The van der Waals surface area contributed by atoms with Crippen LogP contribution in [0.1, 0.15) is 64.7 Å². The van der Waals surface area contributed by atoms with Gasteiger partial charge in [0, 0.05) is 22.8 Å². The van der Waals surface area contributed by atoms with Crippen LogP contribution in [0.2, 0.25) is 0 Å². The normalized spacial score (nSPS) is 13.8. The first kappa shape index (κ1) is 26.1. The molecule has 0 atom stereocenters. The van der Waals surface area contributed by atoms with Crippen molar-refractivity contribution in [3.8, 4) is 11.3 Å². The molecule has 0 radical (unpaired) electrons. The van der Waals surface area contributed by atoms with Gasteiger partial charge in [-0.15, -0.1) is 0 Å². The van der Waals surface area contributed by atoms with Crippen molar-refractivity contribution in [2.45, 2.75) is 71.6 Å². The molecule has 0 bridgehead atoms. The lowest BCUT2D eigenvalue weighted by atomic mass is 10.0. The summed E-state index contributed by atoms with van der Waals surface area (Å²) in [5.41, 5.74) is 7.50. The van der Waals surface area contributed by atoms with Crippen molar-refractivity contribution in [3.05, 3.63) is 48.0 Å². The van der Waals surface area contributed by atoms with Crippen LogP contribution in [0.25, 0.3) is 22.2 Å². The van der Waals surface area contributed by atoms with Crippen LogP contribution in [0.3, 0.4) is 0 Å². The summed E-state index contributed by atoms with van der Waals surface area (Å²) in [6.45, 7) is 10.7. The molecule has 9 heteroatoms. The zero-order valence-corrected chi connectivity index (χ0v) is 22.1. The van der Waals surface area contributed by atoms with Crippen LogP contribution in [0.5, 0.6) is 0 Å². The van der Waals surface area contributed by atoms with Crippen molar-refractivity contribution >= 4 is 40.4 Å². The number of benzene rings is 2. The molecule has 4 N–H and O–H groups in total. The molecule has 3 aromatic rings. The van der Waals surface area contributed by atoms with E-state index in [-0.39, 0.29) is 11.9 Å². The summed E-state index contributed by atoms with van der Waals surface area (Å²) >= 11 is 0. The average molecular weight is 507 g/mol. The zero-order chi connectivity index (χ0) is 27.1. The molecule has 1 aliphatic rings. The minimum absolute atomic E-state index is 0.113. The number of nitrogens with one attached hydrogen (secondary N) is 2. The predicted octanol–water partition coefficient (Wildman–Crippen LogP) is 5.91. The fraction of sp³-hybridized carbons (Fsp3) is 0.393. The number of nitrogens with zero attached hydrogens (tertiary/aromatic N) is 1. The molecule has 2 amide bonds. The van der Waals surface area contributed by atoms with Crippen molar-refractivity contribution in [2.75, 3.05) is 11.1 Å². The molecular formula is C28H34N4O5. The summed E-state index contributed by atoms with van der Waals surface area (Å²) in [5.74, 6) is -0.286. The first-order valence-electron chi connectivity index (χ1n) is 12.3. The lowest BCUT2D eigenvalue weighted by Gasteiger charge is -2.21. The van der Waals surface area contributed by atoms with E-state index in [1.807, 2.05) is 0 Å². The summed E-state index contributed by atoms with van der Waals surface area (Å²) in [4.78, 5) is 39.2. The van der Waals surface area contributed by atoms with E-state index in [1.165, 1.54) is 4.57 Å². The van der Waals surface area contributed by atoms with Crippen LogP contribution >= 0.6 is 0 Å². The van der Waals surface area contributed by atoms with Gasteiger partial charge in [0.2, 0.25) is 0 Å². The van der Waals surface area contributed by atoms with Crippen LogP contribution in [-0.2, 0) is 9.47 Å². The third-order valence-electron chi connectivity index (χ3n) is 5.51. The van der Waals surface area contributed by atoms with Crippen molar-refractivity contribution in [3.63, 3.8) is 0 Å². The quantitative estimate of drug-likeness (QED) is 0.378. The van der Waals surface area contributed by atoms with E-state index in [2.05, 4.69) is 10.6 Å². The van der Waals surface area contributed by atoms with Gasteiger partial charge in [-0.25, -0.2) is 14.2 Å². The Labute approximate surface area is 216 Å². The monoisotopic (exact) mass is 506 g/mol. The molecule has 2 aromatic carbocycles. The molecule has 1 aliphatic carbocycles. The smallest absolute Gasteiger partial charge is 0.419 e. The Morgan fingerprint density at radius 1 is 0.919 bits per heavy atom. The second kappa shape index (κ2) is 9.46. The lowest BCUT2D eigenvalue weighted by Crippen LogP contribution is -2.28. The number of aromatic nitrogens is 1. The molecule has 1 fully saturated rings. The van der Waals surface area contributed by atoms with Gasteiger partial charge in [0.15, 0.2) is 0 Å². The zero-order valence-electron chi connectivity index (χ0n) is 22.1. The number of hydrogen-bond acceptors (Lipinski definition) is 6. The van der Waals surface area contributed by atoms with E-state index < -0.39 is 23.4 Å². The molecule has 196 valence electrons. The van der Waals surface area contributed by atoms with Gasteiger partial charge in [-0.3, -0.25) is 10.1 Å². The predicted molar refractivity (Wildman–Crippen MR) is 144 cm³/mol. The molecule has 4 rings (SSSR count). The fourth-order valence-electron chi connectivity index (χ4n) is 3.93. The molecule has 1 aromatic heterocycles. The summed E-state index contributed by atoms with van der Waals surface area (Å²) in [6, 6.07) is 12.0. The standard InChI is InChI=1S/C28H34N4O5/c1-27(2,3)36-25(34)31-19-10-7-16(8-11-19)23-22(24(33)30-18-12-13-18)20-15-17(29)9-14-21(20)32(23)26(35)37-28(4,5)6/h7-11,14-15,18H,12-13,29H2,1-6H3,(H,30,33)(H,31,34). The Morgan fingerprint density at radius 2 is 1.54 bits per heavy atom. The number of anilines is 2. The van der Waals surface area contributed by atoms with E-state index in [1.54, 1.807) is 84.0 Å². The van der Waals surface area contributed by atoms with Crippen molar-refractivity contribution < 1.29 is 23.9 Å². The number of amides is 2. The van der Waals surface area contributed by atoms with E-state index in [9.17, 15) is 14.4 Å². The highest BCUT2D eigenvalue weighted by Gasteiger charge is 2.32. The van der Waals surface area contributed by atoms with Crippen molar-refractivity contribution in [1.82, 2.24) is 9.88 Å². The summed E-state index contributed by atoms with van der Waals surface area (Å²) in [5, 5.41) is 6.28. The Morgan fingerprint density at radius 3 is 2.11 bits per heavy atom. The SMILES string of the molecule is CC(C)(C)OC(=O)Nc1ccc(-c2c(C(=O)NC3CC3)c3cc(N)ccc3n2C(=O)OC(C)(C)C)cc1. The minimum Gasteiger partial charge on any atom is -0.444 e. The maximum atomic E-state index is 13.5. The van der Waals surface area contributed by atoms with Crippen molar-refractivity contribution in [2.24, 2.45) is 0 Å². The van der Waals surface area contributed by atoms with Gasteiger partial charge in [0.25, 0.3) is 5.91 Å². The molecule has 1 saturated carbocycles. The first-order valence-corrected chi connectivity index (χ1v) is 12.3. The number of hydrogen-bond donors (Lipinski definition) is 3. The van der Waals surface area contributed by atoms with Gasteiger partial charge >= 0.3 is 12.2 Å². The highest BCUT2D eigenvalue weighted by Crippen LogP contribution is 2.37. The van der Waals surface area contributed by atoms with Gasteiger partial charge < -0.3 is 20.5 Å². The molecule has 0 saturated heterocycles. The summed E-state index contributed by atoms with van der Waals surface area (Å²) in [7, 11) is 0. The Balaban J connectivity index is 1.84. The highest BCUT2D eigenvalue weighted by molar-refractivity contribution is 6.16. The molecule has 9 nitrogen and oxygen atoms in total. The molecule has 0 unspecified atom stereocenters. The van der Waals surface area contributed by atoms with Gasteiger partial charge in [0.05, 0.1) is 16.8 Å². The van der Waals surface area contributed by atoms with Crippen LogP contribution in [0.15, 0.2) is 42.5 Å². The van der Waals surface area contributed by atoms with E-state index >= 15 is 0 Å². The van der Waals surface area contributed by atoms with E-state index in [0.717, 1.165) is 12.8 Å². The number of nitrogen functional groups attached to an aromatic ring is 1. The minimum atomic E-state index is -0.754. The molecule has 37 heavy (non-hydrogen) atoms. The number of fused-ring (bicyclic) bond motifs is 1. The first-order chi connectivity index (χ1) is 17.2. The average Bonchev–Trinajstić information content (AvgIpc) is 3.49. The van der Waals surface area contributed by atoms with Gasteiger partial charge in [-0.2, -0.15) is 0 Å². The van der Waals surface area contributed by atoms with E-state index in [4.69, 9.17) is 15.2 Å². The Hall–Kier alpha value is -4.01. The number of nitrogens with two attached hydrogens (primary N) is 1. The molecular weight excluding hydrogens is 472 g/mol. The van der Waals surface area contributed by atoms with Crippen LogP contribution in [0, 0.1) is 0 Å². The molecule has 1 heterocycles. The Kier molecular flexibility index (Phi) is 6.66. The maximum absolute atomic E-state index is 13.5.